The zero-order valence-electron chi connectivity index (χ0n) is 22.5. The van der Waals surface area contributed by atoms with Gasteiger partial charge in [-0.25, -0.2) is 14.3 Å². The first-order chi connectivity index (χ1) is 19.0. The number of nitriles is 1. The molecule has 0 radical (unpaired) electrons. The predicted molar refractivity (Wildman–Crippen MR) is 150 cm³/mol. The molecule has 0 saturated carbocycles. The number of rotatable bonds is 5. The number of hydrogen-bond acceptors (Lipinski definition) is 6. The molecule has 3 saturated heterocycles. The van der Waals surface area contributed by atoms with E-state index in [1.807, 2.05) is 49.6 Å². The summed E-state index contributed by atoms with van der Waals surface area (Å²) < 4.78 is 3.52. The second kappa shape index (κ2) is 10.1. The number of piperazine rings is 1. The lowest BCUT2D eigenvalue weighted by molar-refractivity contribution is 0.119. The molecule has 6 rings (SSSR count). The fourth-order valence-electron chi connectivity index (χ4n) is 6.29. The van der Waals surface area contributed by atoms with Crippen LogP contribution >= 0.6 is 0 Å². The van der Waals surface area contributed by atoms with Crippen molar-refractivity contribution < 1.29 is 4.79 Å². The van der Waals surface area contributed by atoms with Crippen LogP contribution in [-0.4, -0.2) is 85.1 Å². The van der Waals surface area contributed by atoms with E-state index in [1.54, 1.807) is 15.4 Å². The van der Waals surface area contributed by atoms with Crippen LogP contribution in [0.2, 0.25) is 0 Å². The number of allylic oxidation sites excluding steroid dienone is 3. The van der Waals surface area contributed by atoms with Gasteiger partial charge in [-0.05, 0) is 57.0 Å². The van der Waals surface area contributed by atoms with Crippen LogP contribution in [0.3, 0.4) is 0 Å². The maximum atomic E-state index is 13.2. The summed E-state index contributed by atoms with van der Waals surface area (Å²) >= 11 is 0. The Labute approximate surface area is 228 Å². The summed E-state index contributed by atoms with van der Waals surface area (Å²) in [6, 6.07) is 5.43. The second-order valence-electron chi connectivity index (χ2n) is 10.7. The molecule has 0 aliphatic carbocycles. The van der Waals surface area contributed by atoms with Crippen LogP contribution < -0.4 is 0 Å². The Kier molecular flexibility index (Phi) is 6.43. The molecular formula is C29H33N9O. The van der Waals surface area contributed by atoms with Gasteiger partial charge in [0.25, 0.3) is 0 Å². The van der Waals surface area contributed by atoms with Gasteiger partial charge in [0.15, 0.2) is 0 Å². The maximum absolute atomic E-state index is 13.2. The van der Waals surface area contributed by atoms with Gasteiger partial charge in [0.1, 0.15) is 11.9 Å². The zero-order valence-corrected chi connectivity index (χ0v) is 22.5. The molecule has 3 aliphatic rings. The van der Waals surface area contributed by atoms with Crippen molar-refractivity contribution in [2.24, 2.45) is 12.0 Å². The fourth-order valence-corrected chi connectivity index (χ4v) is 6.29. The minimum Gasteiger partial charge on any atom is -0.353 e. The van der Waals surface area contributed by atoms with Crippen LogP contribution in [0.4, 0.5) is 4.79 Å². The van der Waals surface area contributed by atoms with Gasteiger partial charge >= 0.3 is 6.03 Å². The molecule has 3 fully saturated rings. The van der Waals surface area contributed by atoms with Gasteiger partial charge in [-0.3, -0.25) is 4.68 Å². The third-order valence-corrected chi connectivity index (χ3v) is 8.39. The summed E-state index contributed by atoms with van der Waals surface area (Å²) in [5.74, 6) is 0.774. The summed E-state index contributed by atoms with van der Waals surface area (Å²) in [6.07, 6.45) is 15.9. The molecule has 2 amide bonds. The molecule has 3 aromatic rings. The molecule has 6 heterocycles. The number of carbonyl (C=O) groups is 1. The van der Waals surface area contributed by atoms with E-state index in [0.717, 1.165) is 59.3 Å². The predicted octanol–water partition coefficient (Wildman–Crippen LogP) is 3.92. The Morgan fingerprint density at radius 1 is 1.03 bits per heavy atom. The molecule has 10 heteroatoms. The third kappa shape index (κ3) is 4.48. The third-order valence-electron chi connectivity index (χ3n) is 8.39. The van der Waals surface area contributed by atoms with E-state index in [-0.39, 0.29) is 6.03 Å². The van der Waals surface area contributed by atoms with Crippen molar-refractivity contribution in [3.63, 3.8) is 0 Å². The molecule has 0 N–H and O–H groups in total. The average Bonchev–Trinajstić information content (AvgIpc) is 3.76. The molecule has 0 unspecified atom stereocenters. The van der Waals surface area contributed by atoms with Crippen LogP contribution in [0.15, 0.2) is 53.8 Å². The first-order valence-corrected chi connectivity index (χ1v) is 13.5. The van der Waals surface area contributed by atoms with E-state index in [0.29, 0.717) is 43.8 Å². The van der Waals surface area contributed by atoms with Crippen LogP contribution in [0.25, 0.3) is 22.2 Å². The van der Waals surface area contributed by atoms with Crippen LogP contribution in [0.1, 0.15) is 43.7 Å². The number of aliphatic imine (C=N–C) groups is 1. The number of pyridine rings is 1. The Hall–Kier alpha value is -4.39. The zero-order chi connectivity index (χ0) is 27.1. The number of aryl methyl sites for hydroxylation is 1. The highest BCUT2D eigenvalue weighted by Gasteiger charge is 2.44. The largest absolute Gasteiger partial charge is 0.353 e. The van der Waals surface area contributed by atoms with Crippen molar-refractivity contribution in [3.05, 3.63) is 60.0 Å². The number of aromatic nitrogens is 4. The van der Waals surface area contributed by atoms with Crippen LogP contribution in [0.5, 0.6) is 0 Å². The van der Waals surface area contributed by atoms with Gasteiger partial charge in [-0.15, -0.1) is 0 Å². The molecule has 39 heavy (non-hydrogen) atoms. The topological polar surface area (TPSA) is 98.1 Å². The molecule has 0 spiro atoms. The normalized spacial score (nSPS) is 21.6. The number of urea groups is 1. The molecule has 0 atom stereocenters. The first kappa shape index (κ1) is 24.9. The number of carbonyl (C=O) groups excluding carboxylic acids is 1. The monoisotopic (exact) mass is 523 g/mol. The molecule has 0 aromatic carbocycles. The van der Waals surface area contributed by atoms with Gasteiger partial charge in [0.2, 0.25) is 0 Å². The lowest BCUT2D eigenvalue weighted by Crippen LogP contribution is -2.53. The minimum atomic E-state index is 0.208. The minimum absolute atomic E-state index is 0.208. The highest BCUT2D eigenvalue weighted by Crippen LogP contribution is 2.38. The Morgan fingerprint density at radius 3 is 2.33 bits per heavy atom. The van der Waals surface area contributed by atoms with Crippen LogP contribution in [0, 0.1) is 11.3 Å². The fraction of sp³-hybridized carbons (Fsp3) is 0.414. The number of hydrogen-bond donors (Lipinski definition) is 0. The summed E-state index contributed by atoms with van der Waals surface area (Å²) in [5.41, 5.74) is 5.12. The Bertz CT molecular complexity index is 1510. The van der Waals surface area contributed by atoms with Crippen molar-refractivity contribution in [2.75, 3.05) is 26.2 Å². The van der Waals surface area contributed by atoms with Crippen molar-refractivity contribution in [3.8, 4) is 17.2 Å². The number of nitrogens with zero attached hydrogens (tertiary/aromatic N) is 9. The standard InChI is InChI=1S/C29H33N9O/c1-20(26-14-21(23-17-32-34(3)18-23)19-37-28(26)22(15-30)16-33-37)4-9-27(31-2)35-10-12-36(13-11-35)29(39)38-24-5-6-25(38)8-7-24/h4,9,14,16-19,24-25H,2,5-8,10-13H2,1,3H3/b20-4+,27-9+. The van der Waals surface area contributed by atoms with Crippen molar-refractivity contribution >= 4 is 23.8 Å². The quantitative estimate of drug-likeness (QED) is 0.373. The van der Waals surface area contributed by atoms with E-state index in [1.165, 1.54) is 0 Å². The van der Waals surface area contributed by atoms with E-state index in [9.17, 15) is 10.1 Å². The lowest BCUT2D eigenvalue weighted by Gasteiger charge is -2.38. The number of amides is 2. The lowest BCUT2D eigenvalue weighted by atomic mass is 10.0. The summed E-state index contributed by atoms with van der Waals surface area (Å²) in [5, 5.41) is 18.4. The molecule has 2 bridgehead atoms. The smallest absolute Gasteiger partial charge is 0.320 e. The highest BCUT2D eigenvalue weighted by atomic mass is 16.2. The van der Waals surface area contributed by atoms with Gasteiger partial charge < -0.3 is 14.7 Å². The molecule has 10 nitrogen and oxygen atoms in total. The van der Waals surface area contributed by atoms with Crippen molar-refractivity contribution in [2.45, 2.75) is 44.7 Å². The first-order valence-electron chi connectivity index (χ1n) is 13.5. The van der Waals surface area contributed by atoms with Gasteiger partial charge in [0, 0.05) is 74.4 Å². The Balaban J connectivity index is 1.22. The maximum Gasteiger partial charge on any atom is 0.320 e. The van der Waals surface area contributed by atoms with Crippen molar-refractivity contribution in [1.82, 2.24) is 34.1 Å². The second-order valence-corrected chi connectivity index (χ2v) is 10.7. The number of fused-ring (bicyclic) bond motifs is 3. The summed E-state index contributed by atoms with van der Waals surface area (Å²) in [6.45, 7) is 8.63. The SMILES string of the molecule is C=N/C(=C\C=C(/C)c1cc(-c2cnn(C)c2)cn2ncc(C#N)c12)N1CCN(C(=O)N2C3CCC2CC3)CC1. The van der Waals surface area contributed by atoms with Crippen molar-refractivity contribution in [1.29, 1.82) is 5.26 Å². The van der Waals surface area contributed by atoms with E-state index < -0.39 is 0 Å². The molecule has 3 aliphatic heterocycles. The molecule has 200 valence electrons. The molecular weight excluding hydrogens is 490 g/mol. The van der Waals surface area contributed by atoms with E-state index in [2.05, 4.69) is 43.8 Å². The summed E-state index contributed by atoms with van der Waals surface area (Å²) in [4.78, 5) is 23.8. The summed E-state index contributed by atoms with van der Waals surface area (Å²) in [7, 11) is 1.89. The average molecular weight is 524 g/mol. The Morgan fingerprint density at radius 2 is 1.72 bits per heavy atom. The van der Waals surface area contributed by atoms with E-state index >= 15 is 0 Å². The highest BCUT2D eigenvalue weighted by molar-refractivity contribution is 5.84. The molecule has 3 aromatic heterocycles. The van der Waals surface area contributed by atoms with Crippen LogP contribution in [-0.2, 0) is 7.05 Å². The van der Waals surface area contributed by atoms with Gasteiger partial charge in [-0.2, -0.15) is 15.5 Å². The van der Waals surface area contributed by atoms with E-state index in [4.69, 9.17) is 0 Å². The van der Waals surface area contributed by atoms with Gasteiger partial charge in [0.05, 0.1) is 23.5 Å². The van der Waals surface area contributed by atoms with Gasteiger partial charge in [-0.1, -0.05) is 6.08 Å².